The van der Waals surface area contributed by atoms with E-state index in [1.165, 1.54) is 14.0 Å². The maximum Gasteiger partial charge on any atom is 0.332 e. The molecule has 0 aromatic rings. The summed E-state index contributed by atoms with van der Waals surface area (Å²) in [7, 11) is 1.35. The molecule has 0 unspecified atom stereocenters. The highest BCUT2D eigenvalue weighted by molar-refractivity contribution is 5.94. The molecule has 0 radical (unpaired) electrons. The first-order valence-corrected chi connectivity index (χ1v) is 3.83. The van der Waals surface area contributed by atoms with Gasteiger partial charge in [0.05, 0.1) is 0 Å². The minimum Gasteiger partial charge on any atom is -0.479 e. The lowest BCUT2D eigenvalue weighted by molar-refractivity contribution is -0.150. The fraction of sp³-hybridized carbons (Fsp3) is 0.571. The Hall–Kier alpha value is -1.63. The van der Waals surface area contributed by atoms with Crippen LogP contribution in [0.5, 0.6) is 0 Å². The second-order valence-electron chi connectivity index (χ2n) is 2.42. The van der Waals surface area contributed by atoms with Gasteiger partial charge in [-0.2, -0.15) is 0 Å². The first-order chi connectivity index (χ1) is 6.47. The predicted molar refractivity (Wildman–Crippen MR) is 45.6 cm³/mol. The van der Waals surface area contributed by atoms with Crippen LogP contribution in [-0.4, -0.2) is 42.8 Å². The number of carboxylic acids is 1. The number of imide groups is 1. The second kappa shape index (κ2) is 5.92. The van der Waals surface area contributed by atoms with E-state index in [0.717, 1.165) is 0 Å². The molecule has 0 fully saturated rings. The Kier molecular flexibility index (Phi) is 5.23. The van der Waals surface area contributed by atoms with Gasteiger partial charge in [-0.25, -0.2) is 9.59 Å². The summed E-state index contributed by atoms with van der Waals surface area (Å²) >= 11 is 0. The van der Waals surface area contributed by atoms with Crippen molar-refractivity contribution < 1.29 is 24.2 Å². The molecule has 0 rings (SSSR count). The van der Waals surface area contributed by atoms with Crippen LogP contribution >= 0.6 is 0 Å². The van der Waals surface area contributed by atoms with Crippen molar-refractivity contribution in [3.05, 3.63) is 0 Å². The number of urea groups is 1. The molecule has 7 heteroatoms. The molecule has 0 heterocycles. The SMILES string of the molecule is CNC(=O)NC(=O)CO[C@@H](C)C(=O)O. The molecular weight excluding hydrogens is 192 g/mol. The Morgan fingerprint density at radius 2 is 2.00 bits per heavy atom. The molecule has 0 saturated carbocycles. The topological polar surface area (TPSA) is 105 Å². The Labute approximate surface area is 80.4 Å². The van der Waals surface area contributed by atoms with Gasteiger partial charge >= 0.3 is 12.0 Å². The van der Waals surface area contributed by atoms with Gasteiger partial charge in [0.1, 0.15) is 6.61 Å². The van der Waals surface area contributed by atoms with Crippen LogP contribution in [0.3, 0.4) is 0 Å². The van der Waals surface area contributed by atoms with Crippen molar-refractivity contribution in [2.24, 2.45) is 0 Å². The normalized spacial score (nSPS) is 11.6. The summed E-state index contributed by atoms with van der Waals surface area (Å²) in [5, 5.41) is 12.5. The van der Waals surface area contributed by atoms with Gasteiger partial charge in [0.25, 0.3) is 5.91 Å². The molecule has 7 nitrogen and oxygen atoms in total. The maximum atomic E-state index is 10.8. The van der Waals surface area contributed by atoms with Crippen LogP contribution in [0.2, 0.25) is 0 Å². The number of hydrogen-bond acceptors (Lipinski definition) is 4. The van der Waals surface area contributed by atoms with E-state index in [1.807, 2.05) is 5.32 Å². The molecule has 0 saturated heterocycles. The molecule has 14 heavy (non-hydrogen) atoms. The van der Waals surface area contributed by atoms with Crippen molar-refractivity contribution in [3.8, 4) is 0 Å². The number of ether oxygens (including phenoxy) is 1. The van der Waals surface area contributed by atoms with E-state index < -0.39 is 30.6 Å². The van der Waals surface area contributed by atoms with E-state index >= 15 is 0 Å². The Morgan fingerprint density at radius 3 is 2.43 bits per heavy atom. The molecule has 0 aliphatic heterocycles. The fourth-order valence-corrected chi connectivity index (χ4v) is 0.497. The van der Waals surface area contributed by atoms with Gasteiger partial charge in [-0.15, -0.1) is 0 Å². The number of nitrogens with one attached hydrogen (secondary N) is 2. The van der Waals surface area contributed by atoms with E-state index in [4.69, 9.17) is 5.11 Å². The number of carbonyl (C=O) groups is 3. The van der Waals surface area contributed by atoms with Crippen molar-refractivity contribution in [3.63, 3.8) is 0 Å². The number of hydrogen-bond donors (Lipinski definition) is 3. The van der Waals surface area contributed by atoms with Gasteiger partial charge in [0, 0.05) is 7.05 Å². The van der Waals surface area contributed by atoms with Gasteiger partial charge in [0.15, 0.2) is 6.10 Å². The number of carboxylic acid groups (broad SMARTS) is 1. The highest BCUT2D eigenvalue weighted by Crippen LogP contribution is 1.89. The molecule has 0 aliphatic carbocycles. The number of amides is 3. The first kappa shape index (κ1) is 12.4. The van der Waals surface area contributed by atoms with Crippen molar-refractivity contribution in [1.82, 2.24) is 10.6 Å². The molecule has 0 bridgehead atoms. The average molecular weight is 204 g/mol. The number of carbonyl (C=O) groups excluding carboxylic acids is 2. The third kappa shape index (κ3) is 5.09. The van der Waals surface area contributed by atoms with Crippen molar-refractivity contribution in [1.29, 1.82) is 0 Å². The summed E-state index contributed by atoms with van der Waals surface area (Å²) in [6.45, 7) is 0.816. The summed E-state index contributed by atoms with van der Waals surface area (Å²) in [5.74, 6) is -1.87. The van der Waals surface area contributed by atoms with E-state index in [0.29, 0.717) is 0 Å². The van der Waals surface area contributed by atoms with Gasteiger partial charge in [0.2, 0.25) is 0 Å². The van der Waals surface area contributed by atoms with Gasteiger partial charge < -0.3 is 15.2 Å². The zero-order chi connectivity index (χ0) is 11.1. The molecule has 80 valence electrons. The Bertz CT molecular complexity index is 240. The highest BCUT2D eigenvalue weighted by Gasteiger charge is 2.13. The van der Waals surface area contributed by atoms with Gasteiger partial charge in [-0.1, -0.05) is 0 Å². The van der Waals surface area contributed by atoms with Gasteiger partial charge in [-0.05, 0) is 6.92 Å². The number of aliphatic carboxylic acids is 1. The lowest BCUT2D eigenvalue weighted by atomic mass is 10.4. The van der Waals surface area contributed by atoms with E-state index in [9.17, 15) is 14.4 Å². The van der Waals surface area contributed by atoms with Crippen molar-refractivity contribution in [2.75, 3.05) is 13.7 Å². The standard InChI is InChI=1S/C7H12N2O5/c1-4(6(11)12)14-3-5(10)9-7(13)8-2/h4H,3H2,1-2H3,(H,11,12)(H2,8,9,10,13)/t4-/m0/s1. The van der Waals surface area contributed by atoms with Crippen LogP contribution in [0.4, 0.5) is 4.79 Å². The summed E-state index contributed by atoms with van der Waals surface area (Å²) < 4.78 is 4.62. The van der Waals surface area contributed by atoms with E-state index in [1.54, 1.807) is 0 Å². The predicted octanol–water partition coefficient (Wildman–Crippen LogP) is -1.07. The van der Waals surface area contributed by atoms with E-state index in [-0.39, 0.29) is 0 Å². The summed E-state index contributed by atoms with van der Waals surface area (Å²) in [6.07, 6.45) is -1.08. The van der Waals surface area contributed by atoms with Crippen LogP contribution < -0.4 is 10.6 Å². The van der Waals surface area contributed by atoms with Crippen LogP contribution in [0, 0.1) is 0 Å². The smallest absolute Gasteiger partial charge is 0.332 e. The summed E-state index contributed by atoms with van der Waals surface area (Å²) in [4.78, 5) is 31.7. The minimum atomic E-state index is -1.17. The van der Waals surface area contributed by atoms with Crippen LogP contribution in [0.15, 0.2) is 0 Å². The molecule has 0 aliphatic rings. The Balaban J connectivity index is 3.74. The lowest BCUT2D eigenvalue weighted by Crippen LogP contribution is -2.40. The quantitative estimate of drug-likeness (QED) is 0.541. The van der Waals surface area contributed by atoms with E-state index in [2.05, 4.69) is 10.1 Å². The zero-order valence-electron chi connectivity index (χ0n) is 7.86. The third-order valence-electron chi connectivity index (χ3n) is 1.29. The van der Waals surface area contributed by atoms with Crippen LogP contribution in [-0.2, 0) is 14.3 Å². The monoisotopic (exact) mass is 204 g/mol. The molecule has 0 aromatic carbocycles. The minimum absolute atomic E-state index is 0.471. The zero-order valence-corrected chi connectivity index (χ0v) is 7.86. The number of rotatable bonds is 4. The van der Waals surface area contributed by atoms with Crippen molar-refractivity contribution in [2.45, 2.75) is 13.0 Å². The lowest BCUT2D eigenvalue weighted by Gasteiger charge is -2.07. The molecule has 3 N–H and O–H groups in total. The second-order valence-corrected chi connectivity index (χ2v) is 2.42. The molecule has 0 aromatic heterocycles. The summed E-state index contributed by atoms with van der Waals surface area (Å²) in [5.41, 5.74) is 0. The van der Waals surface area contributed by atoms with Gasteiger partial charge in [-0.3, -0.25) is 10.1 Å². The van der Waals surface area contributed by atoms with Crippen molar-refractivity contribution >= 4 is 17.9 Å². The molecule has 1 atom stereocenters. The Morgan fingerprint density at radius 1 is 1.43 bits per heavy atom. The van der Waals surface area contributed by atoms with Crippen LogP contribution in [0.25, 0.3) is 0 Å². The molecule has 3 amide bonds. The fourth-order valence-electron chi connectivity index (χ4n) is 0.497. The first-order valence-electron chi connectivity index (χ1n) is 3.83. The molecular formula is C7H12N2O5. The highest BCUT2D eigenvalue weighted by atomic mass is 16.5. The third-order valence-corrected chi connectivity index (χ3v) is 1.29. The largest absolute Gasteiger partial charge is 0.479 e. The average Bonchev–Trinajstić information content (AvgIpc) is 2.13. The maximum absolute atomic E-state index is 10.8. The molecule has 0 spiro atoms. The van der Waals surface area contributed by atoms with Crippen LogP contribution in [0.1, 0.15) is 6.92 Å². The summed E-state index contributed by atoms with van der Waals surface area (Å²) in [6, 6.07) is -0.665.